The first-order valence-corrected chi connectivity index (χ1v) is 5.51. The molecule has 4 atom stereocenters. The van der Waals surface area contributed by atoms with Crippen molar-refractivity contribution in [1.82, 2.24) is 0 Å². The number of rotatable bonds is 1. The van der Waals surface area contributed by atoms with E-state index in [9.17, 15) is 9.90 Å². The number of aliphatic hydroxyl groups excluding tert-OH is 1. The van der Waals surface area contributed by atoms with Crippen molar-refractivity contribution in [3.05, 3.63) is 23.8 Å². The standard InChI is InChI=1S/C12H16O4/c1-3-4-10-9(13)6-8-11(16-10)5-7(2)15-12(8)14/h3-4,6-7,9-11,13H,5H2,1-2H3/b4-3-/t7-,9+,10-,11+/m0/s1. The Morgan fingerprint density at radius 3 is 3.00 bits per heavy atom. The van der Waals surface area contributed by atoms with E-state index in [1.54, 1.807) is 12.2 Å². The molecule has 0 spiro atoms. The van der Waals surface area contributed by atoms with Crippen LogP contribution < -0.4 is 0 Å². The highest BCUT2D eigenvalue weighted by Crippen LogP contribution is 2.29. The van der Waals surface area contributed by atoms with E-state index >= 15 is 0 Å². The summed E-state index contributed by atoms with van der Waals surface area (Å²) >= 11 is 0. The highest BCUT2D eigenvalue weighted by atomic mass is 16.6. The summed E-state index contributed by atoms with van der Waals surface area (Å²) in [7, 11) is 0. The molecule has 0 amide bonds. The van der Waals surface area contributed by atoms with Crippen LogP contribution in [0, 0.1) is 0 Å². The van der Waals surface area contributed by atoms with Crippen LogP contribution in [0.3, 0.4) is 0 Å². The van der Waals surface area contributed by atoms with Gasteiger partial charge in [-0.2, -0.15) is 0 Å². The second kappa shape index (κ2) is 4.39. The molecule has 0 aromatic carbocycles. The van der Waals surface area contributed by atoms with E-state index in [2.05, 4.69) is 0 Å². The first kappa shape index (κ1) is 11.4. The molecule has 4 nitrogen and oxygen atoms in total. The van der Waals surface area contributed by atoms with Gasteiger partial charge in [0.25, 0.3) is 0 Å². The first-order valence-electron chi connectivity index (χ1n) is 5.51. The third-order valence-corrected chi connectivity index (χ3v) is 2.83. The van der Waals surface area contributed by atoms with Crippen LogP contribution in [-0.2, 0) is 14.3 Å². The van der Waals surface area contributed by atoms with E-state index in [0.29, 0.717) is 12.0 Å². The van der Waals surface area contributed by atoms with Gasteiger partial charge in [0, 0.05) is 6.42 Å². The van der Waals surface area contributed by atoms with E-state index in [4.69, 9.17) is 9.47 Å². The van der Waals surface area contributed by atoms with Crippen molar-refractivity contribution < 1.29 is 19.4 Å². The summed E-state index contributed by atoms with van der Waals surface area (Å²) in [6, 6.07) is 0. The topological polar surface area (TPSA) is 55.8 Å². The molecule has 2 heterocycles. The van der Waals surface area contributed by atoms with Crippen molar-refractivity contribution in [3.63, 3.8) is 0 Å². The van der Waals surface area contributed by atoms with Crippen molar-refractivity contribution in [2.24, 2.45) is 0 Å². The van der Waals surface area contributed by atoms with Crippen LogP contribution in [0.4, 0.5) is 0 Å². The lowest BCUT2D eigenvalue weighted by Gasteiger charge is -2.36. The van der Waals surface area contributed by atoms with Gasteiger partial charge < -0.3 is 14.6 Å². The van der Waals surface area contributed by atoms with Crippen molar-refractivity contribution in [2.45, 2.75) is 44.7 Å². The maximum absolute atomic E-state index is 11.5. The fourth-order valence-electron chi connectivity index (χ4n) is 2.06. The molecule has 2 rings (SSSR count). The number of fused-ring (bicyclic) bond motifs is 1. The molecule has 0 unspecified atom stereocenters. The molecular formula is C12H16O4. The maximum atomic E-state index is 11.5. The van der Waals surface area contributed by atoms with Crippen molar-refractivity contribution in [3.8, 4) is 0 Å². The molecular weight excluding hydrogens is 208 g/mol. The first-order chi connectivity index (χ1) is 7.61. The Labute approximate surface area is 94.5 Å². The molecule has 0 aromatic rings. The molecule has 0 saturated carbocycles. The Balaban J connectivity index is 2.22. The third kappa shape index (κ3) is 2.03. The minimum Gasteiger partial charge on any atom is -0.459 e. The number of carbonyl (C=O) groups is 1. The van der Waals surface area contributed by atoms with Gasteiger partial charge in [-0.15, -0.1) is 0 Å². The summed E-state index contributed by atoms with van der Waals surface area (Å²) in [5, 5.41) is 9.76. The van der Waals surface area contributed by atoms with E-state index in [-0.39, 0.29) is 24.3 Å². The van der Waals surface area contributed by atoms with Gasteiger partial charge in [0.15, 0.2) is 0 Å². The molecule has 0 radical (unpaired) electrons. The average molecular weight is 224 g/mol. The van der Waals surface area contributed by atoms with Crippen LogP contribution in [0.1, 0.15) is 20.3 Å². The Kier molecular flexibility index (Phi) is 3.12. The minimum atomic E-state index is -0.775. The van der Waals surface area contributed by atoms with Gasteiger partial charge in [0.1, 0.15) is 18.3 Å². The fraction of sp³-hybridized carbons (Fsp3) is 0.583. The molecule has 16 heavy (non-hydrogen) atoms. The number of cyclic esters (lactones) is 1. The Hall–Kier alpha value is -1.13. The summed E-state index contributed by atoms with van der Waals surface area (Å²) in [5.41, 5.74) is 0.450. The molecule has 4 heteroatoms. The van der Waals surface area contributed by atoms with Gasteiger partial charge >= 0.3 is 5.97 Å². The summed E-state index contributed by atoms with van der Waals surface area (Å²) in [4.78, 5) is 11.5. The smallest absolute Gasteiger partial charge is 0.336 e. The van der Waals surface area contributed by atoms with E-state index in [0.717, 1.165) is 0 Å². The summed E-state index contributed by atoms with van der Waals surface area (Å²) in [6.45, 7) is 3.71. The lowest BCUT2D eigenvalue weighted by molar-refractivity contribution is -0.156. The maximum Gasteiger partial charge on any atom is 0.336 e. The largest absolute Gasteiger partial charge is 0.459 e. The Morgan fingerprint density at radius 2 is 2.31 bits per heavy atom. The number of ether oxygens (including phenoxy) is 2. The van der Waals surface area contributed by atoms with Crippen LogP contribution in [-0.4, -0.2) is 35.5 Å². The SMILES string of the molecule is C/C=C\[C@@H]1O[C@@H]2C[C@H](C)OC(=O)C2=C[C@H]1O. The molecule has 0 aliphatic carbocycles. The second-order valence-electron chi connectivity index (χ2n) is 4.18. The molecule has 2 aliphatic heterocycles. The van der Waals surface area contributed by atoms with Gasteiger partial charge in [-0.3, -0.25) is 0 Å². The average Bonchev–Trinajstić information content (AvgIpc) is 2.21. The Bertz CT molecular complexity index is 345. The van der Waals surface area contributed by atoms with Crippen molar-refractivity contribution in [2.75, 3.05) is 0 Å². The van der Waals surface area contributed by atoms with Crippen molar-refractivity contribution in [1.29, 1.82) is 0 Å². The summed E-state index contributed by atoms with van der Waals surface area (Å²) in [5.74, 6) is -0.373. The number of aliphatic hydroxyl groups is 1. The predicted molar refractivity (Wildman–Crippen MR) is 57.7 cm³/mol. The fourth-order valence-corrected chi connectivity index (χ4v) is 2.06. The Morgan fingerprint density at radius 1 is 1.56 bits per heavy atom. The molecule has 0 bridgehead atoms. The highest BCUT2D eigenvalue weighted by Gasteiger charge is 2.38. The summed E-state index contributed by atoms with van der Waals surface area (Å²) < 4.78 is 10.8. The van der Waals surface area contributed by atoms with E-state index < -0.39 is 6.10 Å². The van der Waals surface area contributed by atoms with E-state index in [1.807, 2.05) is 19.9 Å². The molecule has 88 valence electrons. The minimum absolute atomic E-state index is 0.129. The molecule has 1 saturated heterocycles. The number of esters is 1. The van der Waals surface area contributed by atoms with Crippen LogP contribution in [0.5, 0.6) is 0 Å². The zero-order chi connectivity index (χ0) is 11.7. The zero-order valence-electron chi connectivity index (χ0n) is 9.42. The third-order valence-electron chi connectivity index (χ3n) is 2.83. The lowest BCUT2D eigenvalue weighted by atomic mass is 9.94. The van der Waals surface area contributed by atoms with Gasteiger partial charge in [0.2, 0.25) is 0 Å². The molecule has 0 aromatic heterocycles. The quantitative estimate of drug-likeness (QED) is 0.532. The summed E-state index contributed by atoms with van der Waals surface area (Å²) in [6.07, 6.45) is 4.31. The number of carbonyl (C=O) groups excluding carboxylic acids is 1. The van der Waals surface area contributed by atoms with Gasteiger partial charge in [-0.05, 0) is 19.9 Å². The number of hydrogen-bond acceptors (Lipinski definition) is 4. The lowest BCUT2D eigenvalue weighted by Crippen LogP contribution is -2.44. The highest BCUT2D eigenvalue weighted by molar-refractivity contribution is 5.90. The number of allylic oxidation sites excluding steroid dienone is 1. The van der Waals surface area contributed by atoms with Crippen LogP contribution >= 0.6 is 0 Å². The van der Waals surface area contributed by atoms with Gasteiger partial charge in [-0.1, -0.05) is 12.2 Å². The molecule has 1 fully saturated rings. The normalized spacial score (nSPS) is 39.2. The predicted octanol–water partition coefficient (Wildman–Crippen LogP) is 0.953. The van der Waals surface area contributed by atoms with Crippen molar-refractivity contribution >= 4 is 5.97 Å². The van der Waals surface area contributed by atoms with Gasteiger partial charge in [0.05, 0.1) is 11.7 Å². The van der Waals surface area contributed by atoms with Crippen LogP contribution in [0.15, 0.2) is 23.8 Å². The molecule has 1 N–H and O–H groups in total. The second-order valence-corrected chi connectivity index (χ2v) is 4.18. The van der Waals surface area contributed by atoms with Crippen LogP contribution in [0.2, 0.25) is 0 Å². The molecule has 2 aliphatic rings. The zero-order valence-corrected chi connectivity index (χ0v) is 9.42. The van der Waals surface area contributed by atoms with E-state index in [1.165, 1.54) is 0 Å². The van der Waals surface area contributed by atoms with Crippen LogP contribution in [0.25, 0.3) is 0 Å². The number of hydrogen-bond donors (Lipinski definition) is 1. The monoisotopic (exact) mass is 224 g/mol. The van der Waals surface area contributed by atoms with Gasteiger partial charge in [-0.25, -0.2) is 4.79 Å².